The maximum Gasteiger partial charge on any atom is 0.409 e. The first-order valence-electron chi connectivity index (χ1n) is 7.09. The molecule has 1 fully saturated rings. The van der Waals surface area contributed by atoms with Gasteiger partial charge < -0.3 is 19.3 Å². The largest absolute Gasteiger partial charge is 0.496 e. The summed E-state index contributed by atoms with van der Waals surface area (Å²) >= 11 is 0. The van der Waals surface area contributed by atoms with E-state index in [1.807, 2.05) is 24.3 Å². The van der Waals surface area contributed by atoms with Crippen molar-refractivity contribution in [2.75, 3.05) is 40.4 Å². The Labute approximate surface area is 129 Å². The molecule has 6 heteroatoms. The molecule has 0 radical (unpaired) electrons. The Kier molecular flexibility index (Phi) is 5.41. The molecule has 0 aliphatic carbocycles. The van der Waals surface area contributed by atoms with Crippen molar-refractivity contribution in [1.82, 2.24) is 9.80 Å². The molecule has 1 aliphatic heterocycles. The van der Waals surface area contributed by atoms with Crippen LogP contribution >= 0.6 is 0 Å². The van der Waals surface area contributed by atoms with E-state index in [0.29, 0.717) is 32.0 Å². The zero-order chi connectivity index (χ0) is 15.9. The van der Waals surface area contributed by atoms with Gasteiger partial charge in [-0.2, -0.15) is 0 Å². The van der Waals surface area contributed by atoms with E-state index in [1.54, 1.807) is 30.0 Å². The lowest BCUT2D eigenvalue weighted by atomic mass is 10.2. The summed E-state index contributed by atoms with van der Waals surface area (Å²) in [5, 5.41) is 0. The molecule has 1 heterocycles. The molecule has 0 bridgehead atoms. The first-order valence-corrected chi connectivity index (χ1v) is 7.09. The van der Waals surface area contributed by atoms with Gasteiger partial charge in [-0.05, 0) is 12.1 Å². The van der Waals surface area contributed by atoms with E-state index in [1.165, 1.54) is 6.08 Å². The predicted molar refractivity (Wildman–Crippen MR) is 82.6 cm³/mol. The van der Waals surface area contributed by atoms with Crippen LogP contribution in [0, 0.1) is 0 Å². The number of benzene rings is 1. The number of ether oxygens (including phenoxy) is 2. The van der Waals surface area contributed by atoms with E-state index in [2.05, 4.69) is 0 Å². The lowest BCUT2D eigenvalue weighted by Gasteiger charge is -2.19. The van der Waals surface area contributed by atoms with Crippen LogP contribution in [-0.2, 0) is 9.53 Å². The van der Waals surface area contributed by atoms with Gasteiger partial charge in [0.1, 0.15) is 12.4 Å². The van der Waals surface area contributed by atoms with Crippen LogP contribution in [0.15, 0.2) is 30.3 Å². The number of hydrogen-bond donors (Lipinski definition) is 0. The first kappa shape index (κ1) is 15.9. The topological polar surface area (TPSA) is 59.1 Å². The number of carbonyl (C=O) groups is 2. The van der Waals surface area contributed by atoms with Crippen molar-refractivity contribution in [3.05, 3.63) is 35.9 Å². The third-order valence-electron chi connectivity index (χ3n) is 3.47. The second-order valence-electron chi connectivity index (χ2n) is 4.94. The smallest absolute Gasteiger partial charge is 0.409 e. The van der Waals surface area contributed by atoms with Crippen molar-refractivity contribution in [2.45, 2.75) is 0 Å². The molecule has 118 valence electrons. The summed E-state index contributed by atoms with van der Waals surface area (Å²) in [5.41, 5.74) is 0.842. The van der Waals surface area contributed by atoms with Gasteiger partial charge in [-0.3, -0.25) is 4.79 Å². The van der Waals surface area contributed by atoms with Gasteiger partial charge in [0.25, 0.3) is 0 Å². The predicted octanol–water partition coefficient (Wildman–Crippen LogP) is 1.62. The van der Waals surface area contributed by atoms with Crippen molar-refractivity contribution < 1.29 is 19.1 Å². The van der Waals surface area contributed by atoms with Crippen LogP contribution in [0.2, 0.25) is 0 Å². The number of cyclic esters (lactones) is 1. The lowest BCUT2D eigenvalue weighted by Crippen LogP contribution is -2.36. The summed E-state index contributed by atoms with van der Waals surface area (Å²) in [6.07, 6.45) is 2.91. The lowest BCUT2D eigenvalue weighted by molar-refractivity contribution is -0.124. The molecular formula is C16H20N2O4. The summed E-state index contributed by atoms with van der Waals surface area (Å²) < 4.78 is 10.1. The number of nitrogens with zero attached hydrogens (tertiary/aromatic N) is 2. The molecule has 6 nitrogen and oxygen atoms in total. The Bertz CT molecular complexity index is 571. The molecule has 1 saturated heterocycles. The van der Waals surface area contributed by atoms with Gasteiger partial charge in [0.15, 0.2) is 0 Å². The van der Waals surface area contributed by atoms with Crippen LogP contribution < -0.4 is 4.74 Å². The van der Waals surface area contributed by atoms with Crippen molar-refractivity contribution in [3.63, 3.8) is 0 Å². The SMILES string of the molecule is COc1ccccc1C=CC(=O)N(C)CCN1CCOC1=O. The number of amides is 2. The second kappa shape index (κ2) is 7.49. The minimum absolute atomic E-state index is 0.126. The molecule has 0 saturated carbocycles. The number of hydrogen-bond acceptors (Lipinski definition) is 4. The van der Waals surface area contributed by atoms with Gasteiger partial charge in [0.05, 0.1) is 13.7 Å². The van der Waals surface area contributed by atoms with E-state index in [0.717, 1.165) is 5.56 Å². The minimum atomic E-state index is -0.314. The van der Waals surface area contributed by atoms with Gasteiger partial charge in [-0.1, -0.05) is 18.2 Å². The number of rotatable bonds is 6. The van der Waals surface area contributed by atoms with Gasteiger partial charge >= 0.3 is 6.09 Å². The summed E-state index contributed by atoms with van der Waals surface area (Å²) in [7, 11) is 3.30. The van der Waals surface area contributed by atoms with Crippen molar-refractivity contribution >= 4 is 18.1 Å². The van der Waals surface area contributed by atoms with E-state index in [4.69, 9.17) is 9.47 Å². The monoisotopic (exact) mass is 304 g/mol. The highest BCUT2D eigenvalue weighted by molar-refractivity contribution is 5.92. The Morgan fingerprint density at radius 2 is 2.23 bits per heavy atom. The number of methoxy groups -OCH3 is 1. The fourth-order valence-corrected chi connectivity index (χ4v) is 2.10. The van der Waals surface area contributed by atoms with E-state index in [-0.39, 0.29) is 12.0 Å². The molecule has 2 rings (SSSR count). The van der Waals surface area contributed by atoms with Crippen molar-refractivity contribution in [1.29, 1.82) is 0 Å². The number of likely N-dealkylation sites (N-methyl/N-ethyl adjacent to an activating group) is 1. The second-order valence-corrected chi connectivity index (χ2v) is 4.94. The normalized spacial score (nSPS) is 14.3. The molecule has 1 aromatic carbocycles. The third-order valence-corrected chi connectivity index (χ3v) is 3.47. The van der Waals surface area contributed by atoms with Crippen LogP contribution in [-0.4, -0.2) is 62.2 Å². The molecule has 2 amide bonds. The highest BCUT2D eigenvalue weighted by Crippen LogP contribution is 2.18. The quantitative estimate of drug-likeness (QED) is 0.749. The molecule has 1 aromatic rings. The fraction of sp³-hybridized carbons (Fsp3) is 0.375. The van der Waals surface area contributed by atoms with Crippen molar-refractivity contribution in [2.24, 2.45) is 0 Å². The van der Waals surface area contributed by atoms with Gasteiger partial charge in [-0.15, -0.1) is 0 Å². The molecule has 0 atom stereocenters. The highest BCUT2D eigenvalue weighted by atomic mass is 16.6. The average Bonchev–Trinajstić information content (AvgIpc) is 2.95. The summed E-state index contributed by atoms with van der Waals surface area (Å²) in [6.45, 7) is 1.94. The van der Waals surface area contributed by atoms with Crippen LogP contribution in [0.4, 0.5) is 4.79 Å². The molecule has 0 unspecified atom stereocenters. The van der Waals surface area contributed by atoms with Gasteiger partial charge in [0, 0.05) is 31.8 Å². The number of carbonyl (C=O) groups excluding carboxylic acids is 2. The molecule has 0 spiro atoms. The third kappa shape index (κ3) is 4.00. The Morgan fingerprint density at radius 3 is 2.91 bits per heavy atom. The van der Waals surface area contributed by atoms with Crippen LogP contribution in [0.5, 0.6) is 5.75 Å². The van der Waals surface area contributed by atoms with Crippen LogP contribution in [0.25, 0.3) is 6.08 Å². The molecule has 0 aromatic heterocycles. The fourth-order valence-electron chi connectivity index (χ4n) is 2.10. The van der Waals surface area contributed by atoms with Gasteiger partial charge in [0.2, 0.25) is 5.91 Å². The van der Waals surface area contributed by atoms with Gasteiger partial charge in [-0.25, -0.2) is 4.79 Å². The maximum atomic E-state index is 12.1. The summed E-state index contributed by atoms with van der Waals surface area (Å²) in [6, 6.07) is 7.48. The van der Waals surface area contributed by atoms with Crippen LogP contribution in [0.1, 0.15) is 5.56 Å². The Hall–Kier alpha value is -2.50. The van der Waals surface area contributed by atoms with Crippen LogP contribution in [0.3, 0.4) is 0 Å². The number of para-hydroxylation sites is 1. The van der Waals surface area contributed by atoms with Crippen molar-refractivity contribution in [3.8, 4) is 5.75 Å². The summed E-state index contributed by atoms with van der Waals surface area (Å²) in [4.78, 5) is 26.5. The Balaban J connectivity index is 1.87. The van der Waals surface area contributed by atoms with E-state index < -0.39 is 0 Å². The summed E-state index contributed by atoms with van der Waals surface area (Å²) in [5.74, 6) is 0.590. The van der Waals surface area contributed by atoms with E-state index in [9.17, 15) is 9.59 Å². The average molecular weight is 304 g/mol. The zero-order valence-corrected chi connectivity index (χ0v) is 12.8. The zero-order valence-electron chi connectivity index (χ0n) is 12.8. The molecule has 0 N–H and O–H groups in total. The molecular weight excluding hydrogens is 284 g/mol. The Morgan fingerprint density at radius 1 is 1.45 bits per heavy atom. The maximum absolute atomic E-state index is 12.1. The molecule has 22 heavy (non-hydrogen) atoms. The molecule has 1 aliphatic rings. The minimum Gasteiger partial charge on any atom is -0.496 e. The highest BCUT2D eigenvalue weighted by Gasteiger charge is 2.21. The first-order chi connectivity index (χ1) is 10.6. The standard InChI is InChI=1S/C16H20N2O4/c1-17(9-10-18-11-12-22-16(18)20)15(19)8-7-13-5-3-4-6-14(13)21-2/h3-8H,9-12H2,1-2H3. The van der Waals surface area contributed by atoms with E-state index >= 15 is 0 Å².